The summed E-state index contributed by atoms with van der Waals surface area (Å²) in [6, 6.07) is 21.9. The maximum absolute atomic E-state index is 14.6. The predicted octanol–water partition coefficient (Wildman–Crippen LogP) is 5.85. The van der Waals surface area contributed by atoms with Gasteiger partial charge in [0.05, 0.1) is 11.1 Å². The first-order valence-corrected chi connectivity index (χ1v) is 19.3. The van der Waals surface area contributed by atoms with Crippen LogP contribution in [0.4, 0.5) is 22.0 Å². The van der Waals surface area contributed by atoms with Gasteiger partial charge >= 0.3 is 18.1 Å². The highest BCUT2D eigenvalue weighted by molar-refractivity contribution is 5.84. The molecular formula is C44H44F5N3O9. The topological polar surface area (TPSA) is 181 Å². The molecule has 324 valence electrons. The highest BCUT2D eigenvalue weighted by atomic mass is 19.4. The standard InChI is InChI=1S/C40H38F5N3O3.C4H6O6/c1-2-46-20-18-31(19-21-46)48(24-26-6-8-27(9-7-26)28-10-13-30(14-11-28)40(43,44)45)38(51)25-47-32(15-12-29-4-3-5-35(41)39(29)42)22-37(50)34-17-16-33(49)23-36(34)47;5-1(3(7)8)2(6)4(9)10/h3-11,13-14,16-17,22-23,31,49H,2,12,15,18-21,24-25H2,1H3;1-2,5-6H,(H,7,8)(H,9,10). The summed E-state index contributed by atoms with van der Waals surface area (Å²) in [5, 5.41) is 43.2. The van der Waals surface area contributed by atoms with Crippen LogP contribution in [0.3, 0.4) is 0 Å². The average molecular weight is 854 g/mol. The number of amides is 1. The van der Waals surface area contributed by atoms with Gasteiger partial charge in [0.15, 0.2) is 29.3 Å². The van der Waals surface area contributed by atoms with Crippen LogP contribution < -0.4 is 5.43 Å². The van der Waals surface area contributed by atoms with E-state index >= 15 is 0 Å². The highest BCUT2D eigenvalue weighted by Gasteiger charge is 2.31. The normalized spacial score (nSPS) is 14.5. The molecule has 61 heavy (non-hydrogen) atoms. The number of likely N-dealkylation sites (tertiary alicyclic amines) is 1. The Hall–Kier alpha value is -6.17. The fourth-order valence-electron chi connectivity index (χ4n) is 7.13. The number of benzene rings is 4. The van der Waals surface area contributed by atoms with Gasteiger partial charge in [-0.2, -0.15) is 13.2 Å². The molecule has 2 heterocycles. The second-order valence-corrected chi connectivity index (χ2v) is 14.5. The zero-order chi connectivity index (χ0) is 44.6. The van der Waals surface area contributed by atoms with E-state index in [-0.39, 0.29) is 54.6 Å². The lowest BCUT2D eigenvalue weighted by molar-refractivity contribution is -0.165. The van der Waals surface area contributed by atoms with Gasteiger partial charge in [0, 0.05) is 48.9 Å². The molecule has 1 aliphatic rings. The van der Waals surface area contributed by atoms with E-state index in [0.717, 1.165) is 61.8 Å². The number of carbonyl (C=O) groups excluding carboxylic acids is 1. The van der Waals surface area contributed by atoms with Crippen molar-refractivity contribution >= 4 is 28.7 Å². The molecule has 5 N–H and O–H groups in total. The Kier molecular flexibility index (Phi) is 15.0. The van der Waals surface area contributed by atoms with Crippen LogP contribution in [0.15, 0.2) is 95.8 Å². The number of hydrogen-bond acceptors (Lipinski definition) is 8. The molecule has 2 atom stereocenters. The van der Waals surface area contributed by atoms with Gasteiger partial charge in [0.2, 0.25) is 5.91 Å². The van der Waals surface area contributed by atoms with Crippen LogP contribution in [0, 0.1) is 11.6 Å². The number of halogens is 5. The number of aryl methyl sites for hydroxylation is 2. The van der Waals surface area contributed by atoms with E-state index in [1.54, 1.807) is 4.57 Å². The van der Waals surface area contributed by atoms with Crippen molar-refractivity contribution in [3.05, 3.63) is 135 Å². The second-order valence-electron chi connectivity index (χ2n) is 14.5. The zero-order valence-corrected chi connectivity index (χ0v) is 32.9. The van der Waals surface area contributed by atoms with Crippen LogP contribution in [-0.2, 0) is 46.5 Å². The number of carbonyl (C=O) groups is 3. The Balaban J connectivity index is 0.000000626. The summed E-state index contributed by atoms with van der Waals surface area (Å²) in [6.07, 6.45) is -7.25. The van der Waals surface area contributed by atoms with E-state index in [1.807, 2.05) is 29.2 Å². The molecule has 0 bridgehead atoms. The first kappa shape index (κ1) is 45.9. The largest absolute Gasteiger partial charge is 0.508 e. The summed E-state index contributed by atoms with van der Waals surface area (Å²) in [4.78, 5) is 51.3. The number of carboxylic acids is 2. The minimum Gasteiger partial charge on any atom is -0.508 e. The smallest absolute Gasteiger partial charge is 0.416 e. The lowest BCUT2D eigenvalue weighted by Crippen LogP contribution is -2.48. The number of rotatable bonds is 13. The van der Waals surface area contributed by atoms with E-state index < -0.39 is 47.5 Å². The van der Waals surface area contributed by atoms with Crippen LogP contribution in [0.25, 0.3) is 22.0 Å². The van der Waals surface area contributed by atoms with E-state index in [2.05, 4.69) is 11.8 Å². The van der Waals surface area contributed by atoms with Crippen molar-refractivity contribution in [3.8, 4) is 16.9 Å². The Morgan fingerprint density at radius 3 is 1.97 bits per heavy atom. The number of aromatic hydroxyl groups is 1. The minimum absolute atomic E-state index is 0.0754. The van der Waals surface area contributed by atoms with Gasteiger partial charge in [-0.15, -0.1) is 0 Å². The second kappa shape index (κ2) is 19.9. The van der Waals surface area contributed by atoms with Crippen molar-refractivity contribution in [1.82, 2.24) is 14.4 Å². The van der Waals surface area contributed by atoms with Crippen molar-refractivity contribution in [2.75, 3.05) is 19.6 Å². The van der Waals surface area contributed by atoms with Gasteiger partial charge in [-0.25, -0.2) is 18.4 Å². The van der Waals surface area contributed by atoms with Crippen LogP contribution in [-0.4, -0.2) is 95.6 Å². The minimum atomic E-state index is -4.42. The van der Waals surface area contributed by atoms with Crippen molar-refractivity contribution in [3.63, 3.8) is 0 Å². The van der Waals surface area contributed by atoms with Gasteiger partial charge in [-0.05, 0) is 84.8 Å². The molecule has 1 amide bonds. The maximum atomic E-state index is 14.6. The molecule has 4 aromatic carbocycles. The molecule has 0 spiro atoms. The number of fused-ring (bicyclic) bond motifs is 1. The first-order valence-electron chi connectivity index (χ1n) is 19.3. The van der Waals surface area contributed by atoms with Gasteiger partial charge in [0.1, 0.15) is 12.3 Å². The molecule has 5 aromatic rings. The predicted molar refractivity (Wildman–Crippen MR) is 213 cm³/mol. The van der Waals surface area contributed by atoms with Crippen LogP contribution in [0.1, 0.15) is 42.1 Å². The number of aliphatic hydroxyl groups excluding tert-OH is 2. The summed E-state index contributed by atoms with van der Waals surface area (Å²) in [6.45, 7) is 4.73. The SMILES string of the molecule is CCN1CCC(N(Cc2ccc(-c3ccc(C(F)(F)F)cc3)cc2)C(=O)Cn2c(CCc3cccc(F)c3F)cc(=O)c3ccc(O)cc32)CC1.O=C(O)C(O)C(O)C(=O)O. The summed E-state index contributed by atoms with van der Waals surface area (Å²) in [7, 11) is 0. The van der Waals surface area contributed by atoms with E-state index in [9.17, 15) is 46.2 Å². The number of phenolic OH excluding ortho intramolecular Hbond substituents is 1. The Bertz CT molecular complexity index is 2380. The summed E-state index contributed by atoms with van der Waals surface area (Å²) < 4.78 is 69.5. The lowest BCUT2D eigenvalue weighted by atomic mass is 10.00. The molecule has 12 nitrogen and oxygen atoms in total. The van der Waals surface area contributed by atoms with Gasteiger partial charge in [-0.3, -0.25) is 9.59 Å². The number of phenols is 1. The number of hydrogen-bond donors (Lipinski definition) is 5. The number of carboxylic acid groups (broad SMARTS) is 2. The van der Waals surface area contributed by atoms with Crippen LogP contribution in [0.5, 0.6) is 5.75 Å². The number of pyridine rings is 1. The number of alkyl halides is 3. The quantitative estimate of drug-likeness (QED) is 0.0903. The van der Waals surface area contributed by atoms with Gasteiger partial charge < -0.3 is 39.9 Å². The molecule has 17 heteroatoms. The number of nitrogens with zero attached hydrogens (tertiary/aromatic N) is 3. The van der Waals surface area contributed by atoms with E-state index in [4.69, 9.17) is 20.4 Å². The summed E-state index contributed by atoms with van der Waals surface area (Å²) >= 11 is 0. The number of aliphatic hydroxyl groups is 2. The molecule has 2 unspecified atom stereocenters. The Morgan fingerprint density at radius 2 is 1.41 bits per heavy atom. The Labute approximate surface area is 346 Å². The fourth-order valence-corrected chi connectivity index (χ4v) is 7.13. The average Bonchev–Trinajstić information content (AvgIpc) is 3.24. The first-order chi connectivity index (χ1) is 28.9. The Morgan fingerprint density at radius 1 is 0.820 bits per heavy atom. The monoisotopic (exact) mass is 853 g/mol. The molecule has 1 fully saturated rings. The fraction of sp³-hybridized carbons (Fsp3) is 0.318. The van der Waals surface area contributed by atoms with Crippen molar-refractivity contribution in [2.45, 2.75) is 70.1 Å². The lowest BCUT2D eigenvalue weighted by Gasteiger charge is -2.38. The summed E-state index contributed by atoms with van der Waals surface area (Å²) in [5.74, 6) is -5.78. The van der Waals surface area contributed by atoms with Gasteiger partial charge in [-0.1, -0.05) is 55.5 Å². The van der Waals surface area contributed by atoms with E-state index in [1.165, 1.54) is 48.5 Å². The van der Waals surface area contributed by atoms with Crippen molar-refractivity contribution in [2.24, 2.45) is 0 Å². The maximum Gasteiger partial charge on any atom is 0.416 e. The molecule has 0 radical (unpaired) electrons. The zero-order valence-electron chi connectivity index (χ0n) is 32.9. The van der Waals surface area contributed by atoms with Gasteiger partial charge in [0.25, 0.3) is 0 Å². The molecule has 0 aliphatic carbocycles. The molecule has 6 rings (SSSR count). The van der Waals surface area contributed by atoms with Crippen molar-refractivity contribution in [1.29, 1.82) is 0 Å². The highest BCUT2D eigenvalue weighted by Crippen LogP contribution is 2.31. The molecule has 1 aliphatic heterocycles. The van der Waals surface area contributed by atoms with Crippen LogP contribution >= 0.6 is 0 Å². The number of aliphatic carboxylic acids is 2. The third-order valence-electron chi connectivity index (χ3n) is 10.6. The van der Waals surface area contributed by atoms with Crippen molar-refractivity contribution < 1.29 is 61.9 Å². The van der Waals surface area contributed by atoms with Crippen LogP contribution in [0.2, 0.25) is 0 Å². The molecule has 1 aromatic heterocycles. The molecular weight excluding hydrogens is 809 g/mol. The third kappa shape index (κ3) is 11.6. The molecule has 1 saturated heterocycles. The third-order valence-corrected chi connectivity index (χ3v) is 10.6. The van der Waals surface area contributed by atoms with E-state index in [0.29, 0.717) is 22.2 Å². The molecule has 0 saturated carbocycles. The summed E-state index contributed by atoms with van der Waals surface area (Å²) in [5.41, 5.74) is 2.10. The number of aromatic nitrogens is 1. The number of piperidine rings is 1.